The Bertz CT molecular complexity index is 620. The lowest BCUT2D eigenvalue weighted by atomic mass is 9.79. The number of nitrogens with zero attached hydrogens (tertiary/aromatic N) is 3. The lowest BCUT2D eigenvalue weighted by Crippen LogP contribution is -2.14. The van der Waals surface area contributed by atoms with Gasteiger partial charge in [0.05, 0.1) is 0 Å². The molecule has 5 heteroatoms. The van der Waals surface area contributed by atoms with Gasteiger partial charge in [-0.1, -0.05) is 37.8 Å². The van der Waals surface area contributed by atoms with E-state index in [0.29, 0.717) is 17.4 Å². The van der Waals surface area contributed by atoms with Crippen molar-refractivity contribution in [1.29, 1.82) is 0 Å². The number of unbranched alkanes of at least 4 members (excludes halogenated alkanes) is 2. The maximum atomic E-state index is 13.2. The Morgan fingerprint density at radius 1 is 1.22 bits per heavy atom. The van der Waals surface area contributed by atoms with Crippen LogP contribution in [0.2, 0.25) is 0 Å². The SMILES string of the molecule is CCCCC[C@H]1CC[C@H](c2noc(-c3ccnc(F)c3)n2)CC1. The molecule has 23 heavy (non-hydrogen) atoms. The molecule has 2 aromatic heterocycles. The largest absolute Gasteiger partial charge is 0.334 e. The fourth-order valence-electron chi connectivity index (χ4n) is 3.45. The Morgan fingerprint density at radius 2 is 2.04 bits per heavy atom. The lowest BCUT2D eigenvalue weighted by molar-refractivity contribution is 0.292. The van der Waals surface area contributed by atoms with Crippen molar-refractivity contribution in [3.63, 3.8) is 0 Å². The molecule has 1 aliphatic rings. The highest BCUT2D eigenvalue weighted by Gasteiger charge is 2.26. The van der Waals surface area contributed by atoms with Crippen molar-refractivity contribution in [1.82, 2.24) is 15.1 Å². The predicted octanol–water partition coefficient (Wildman–Crippen LogP) is 5.12. The Hall–Kier alpha value is -1.78. The minimum atomic E-state index is -0.533. The maximum Gasteiger partial charge on any atom is 0.258 e. The molecule has 0 unspecified atom stereocenters. The predicted molar refractivity (Wildman–Crippen MR) is 86.3 cm³/mol. The number of hydrogen-bond donors (Lipinski definition) is 0. The molecule has 3 rings (SSSR count). The summed E-state index contributed by atoms with van der Waals surface area (Å²) in [5, 5.41) is 4.12. The number of halogens is 1. The number of aromatic nitrogens is 3. The number of hydrogen-bond acceptors (Lipinski definition) is 4. The average molecular weight is 317 g/mol. The van der Waals surface area contributed by atoms with Gasteiger partial charge in [-0.3, -0.25) is 0 Å². The Balaban J connectivity index is 1.57. The summed E-state index contributed by atoms with van der Waals surface area (Å²) in [5.74, 6) is 1.85. The van der Waals surface area contributed by atoms with Crippen molar-refractivity contribution in [3.8, 4) is 11.5 Å². The highest BCUT2D eigenvalue weighted by molar-refractivity contribution is 5.51. The zero-order chi connectivity index (χ0) is 16.1. The van der Waals surface area contributed by atoms with Gasteiger partial charge in [-0.25, -0.2) is 4.98 Å². The van der Waals surface area contributed by atoms with Gasteiger partial charge in [0.2, 0.25) is 5.95 Å². The van der Waals surface area contributed by atoms with Gasteiger partial charge in [-0.2, -0.15) is 9.37 Å². The molecule has 1 saturated carbocycles. The maximum absolute atomic E-state index is 13.2. The average Bonchev–Trinajstić information content (AvgIpc) is 3.06. The van der Waals surface area contributed by atoms with Crippen molar-refractivity contribution in [2.24, 2.45) is 5.92 Å². The van der Waals surface area contributed by atoms with E-state index in [-0.39, 0.29) is 0 Å². The first-order valence-electron chi connectivity index (χ1n) is 8.71. The van der Waals surface area contributed by atoms with Crippen LogP contribution in [0.15, 0.2) is 22.9 Å². The molecule has 0 radical (unpaired) electrons. The summed E-state index contributed by atoms with van der Waals surface area (Å²) in [6.45, 7) is 2.25. The lowest BCUT2D eigenvalue weighted by Gasteiger charge is -2.26. The third-order valence-corrected chi connectivity index (χ3v) is 4.84. The van der Waals surface area contributed by atoms with Crippen molar-refractivity contribution in [2.75, 3.05) is 0 Å². The first kappa shape index (κ1) is 16.1. The summed E-state index contributed by atoms with van der Waals surface area (Å²) >= 11 is 0. The van der Waals surface area contributed by atoms with E-state index in [4.69, 9.17) is 4.52 Å². The second kappa shape index (κ2) is 7.66. The molecule has 0 amide bonds. The van der Waals surface area contributed by atoms with Crippen molar-refractivity contribution >= 4 is 0 Å². The van der Waals surface area contributed by atoms with Gasteiger partial charge in [0.25, 0.3) is 5.89 Å². The van der Waals surface area contributed by atoms with Crippen LogP contribution in [0, 0.1) is 11.9 Å². The summed E-state index contributed by atoms with van der Waals surface area (Å²) in [7, 11) is 0. The zero-order valence-corrected chi connectivity index (χ0v) is 13.7. The molecular weight excluding hydrogens is 293 g/mol. The molecule has 0 aromatic carbocycles. The highest BCUT2D eigenvalue weighted by atomic mass is 19.1. The molecule has 0 N–H and O–H groups in total. The van der Waals surface area contributed by atoms with Crippen LogP contribution in [0.25, 0.3) is 11.5 Å². The smallest absolute Gasteiger partial charge is 0.258 e. The monoisotopic (exact) mass is 317 g/mol. The standard InChI is InChI=1S/C18H24FN3O/c1-2-3-4-5-13-6-8-14(9-7-13)17-21-18(23-22-17)15-10-11-20-16(19)12-15/h10-14H,2-9H2,1H3/t13-,14-. The summed E-state index contributed by atoms with van der Waals surface area (Å²) in [5.41, 5.74) is 0.588. The van der Waals surface area contributed by atoms with E-state index < -0.39 is 5.95 Å². The van der Waals surface area contributed by atoms with E-state index in [1.165, 1.54) is 50.8 Å². The molecule has 0 atom stereocenters. The van der Waals surface area contributed by atoms with Crippen LogP contribution < -0.4 is 0 Å². The van der Waals surface area contributed by atoms with Crippen LogP contribution in [0.4, 0.5) is 4.39 Å². The first-order chi connectivity index (χ1) is 11.3. The third-order valence-electron chi connectivity index (χ3n) is 4.84. The van der Waals surface area contributed by atoms with E-state index in [1.807, 2.05) is 0 Å². The van der Waals surface area contributed by atoms with Gasteiger partial charge in [-0.05, 0) is 37.7 Å². The second-order valence-electron chi connectivity index (χ2n) is 6.54. The van der Waals surface area contributed by atoms with Gasteiger partial charge >= 0.3 is 0 Å². The molecule has 1 aliphatic carbocycles. The summed E-state index contributed by atoms with van der Waals surface area (Å²) in [4.78, 5) is 8.02. The van der Waals surface area contributed by atoms with Crippen LogP contribution in [-0.4, -0.2) is 15.1 Å². The van der Waals surface area contributed by atoms with Gasteiger partial charge in [-0.15, -0.1) is 0 Å². The summed E-state index contributed by atoms with van der Waals surface area (Å²) in [6.07, 6.45) is 11.5. The molecule has 124 valence electrons. The first-order valence-corrected chi connectivity index (χ1v) is 8.71. The van der Waals surface area contributed by atoms with Gasteiger partial charge in [0, 0.05) is 23.7 Å². The van der Waals surface area contributed by atoms with Gasteiger partial charge in [0.15, 0.2) is 5.82 Å². The van der Waals surface area contributed by atoms with Gasteiger partial charge < -0.3 is 4.52 Å². The minimum absolute atomic E-state index is 0.376. The molecule has 2 heterocycles. The number of pyridine rings is 1. The van der Waals surface area contributed by atoms with Crippen LogP contribution in [-0.2, 0) is 0 Å². The van der Waals surface area contributed by atoms with Crippen molar-refractivity contribution in [2.45, 2.75) is 64.2 Å². The van der Waals surface area contributed by atoms with E-state index in [1.54, 1.807) is 6.07 Å². The van der Waals surface area contributed by atoms with Crippen LogP contribution in [0.5, 0.6) is 0 Å². The zero-order valence-electron chi connectivity index (χ0n) is 13.7. The highest BCUT2D eigenvalue weighted by Crippen LogP contribution is 2.37. The molecule has 0 saturated heterocycles. The fraction of sp³-hybridized carbons (Fsp3) is 0.611. The molecule has 0 bridgehead atoms. The van der Waals surface area contributed by atoms with Crippen molar-refractivity contribution in [3.05, 3.63) is 30.1 Å². The second-order valence-corrected chi connectivity index (χ2v) is 6.54. The van der Waals surface area contributed by atoms with E-state index in [0.717, 1.165) is 24.6 Å². The minimum Gasteiger partial charge on any atom is -0.334 e. The molecule has 4 nitrogen and oxygen atoms in total. The summed E-state index contributed by atoms with van der Waals surface area (Å²) < 4.78 is 18.5. The Labute approximate surface area is 136 Å². The molecule has 2 aromatic rings. The fourth-order valence-corrected chi connectivity index (χ4v) is 3.45. The molecule has 1 fully saturated rings. The molecule has 0 aliphatic heterocycles. The van der Waals surface area contributed by atoms with E-state index in [9.17, 15) is 4.39 Å². The van der Waals surface area contributed by atoms with Crippen LogP contribution >= 0.6 is 0 Å². The van der Waals surface area contributed by atoms with Gasteiger partial charge in [0.1, 0.15) is 0 Å². The molecule has 0 spiro atoms. The topological polar surface area (TPSA) is 51.8 Å². The van der Waals surface area contributed by atoms with Crippen LogP contribution in [0.1, 0.15) is 70.0 Å². The van der Waals surface area contributed by atoms with E-state index in [2.05, 4.69) is 22.0 Å². The third kappa shape index (κ3) is 4.15. The quantitative estimate of drug-likeness (QED) is 0.548. The van der Waals surface area contributed by atoms with Crippen LogP contribution in [0.3, 0.4) is 0 Å². The Morgan fingerprint density at radius 3 is 2.78 bits per heavy atom. The van der Waals surface area contributed by atoms with E-state index >= 15 is 0 Å². The molecular formula is C18H24FN3O. The van der Waals surface area contributed by atoms with Crippen molar-refractivity contribution < 1.29 is 8.91 Å². The Kier molecular flexibility index (Phi) is 5.36. The summed E-state index contributed by atoms with van der Waals surface area (Å²) in [6, 6.07) is 3.01. The normalized spacial score (nSPS) is 21.5. The number of rotatable bonds is 6.